The van der Waals surface area contributed by atoms with Gasteiger partial charge in [0.05, 0.1) is 10.0 Å². The van der Waals surface area contributed by atoms with Crippen molar-refractivity contribution in [2.24, 2.45) is 0 Å². The number of hydrogen-bond donors (Lipinski definition) is 0. The first-order chi connectivity index (χ1) is 11.7. The molecule has 2 aromatic rings. The molecule has 0 aliphatic rings. The lowest BCUT2D eigenvalue weighted by Crippen LogP contribution is -1.85. The molecule has 0 aliphatic carbocycles. The van der Waals surface area contributed by atoms with E-state index in [1.807, 2.05) is 52.0 Å². The highest BCUT2D eigenvalue weighted by atomic mass is 127. The van der Waals surface area contributed by atoms with Gasteiger partial charge in [0.2, 0.25) is 0 Å². The van der Waals surface area contributed by atoms with Gasteiger partial charge in [0.1, 0.15) is 0 Å². The first kappa shape index (κ1) is 24.6. The highest BCUT2D eigenvalue weighted by Crippen LogP contribution is 2.33. The van der Waals surface area contributed by atoms with Crippen LogP contribution in [0.2, 0.25) is 10.0 Å². The molecule has 0 radical (unpaired) electrons. The molecule has 24 heavy (non-hydrogen) atoms. The van der Waals surface area contributed by atoms with Crippen LogP contribution in [0.1, 0.15) is 38.8 Å². The molecule has 0 heterocycles. The van der Waals surface area contributed by atoms with Gasteiger partial charge >= 0.3 is 0 Å². The third kappa shape index (κ3) is 7.05. The lowest BCUT2D eigenvalue weighted by atomic mass is 10.0. The maximum absolute atomic E-state index is 6.39. The first-order valence-corrected chi connectivity index (χ1v) is 14.6. The molecule has 0 atom stereocenters. The van der Waals surface area contributed by atoms with E-state index < -0.39 is 0 Å². The molecule has 2 aromatic carbocycles. The monoisotopic (exact) mass is 620 g/mol. The number of benzene rings is 2. The summed E-state index contributed by atoms with van der Waals surface area (Å²) in [5.74, 6) is 6.04. The van der Waals surface area contributed by atoms with Gasteiger partial charge in [0, 0.05) is 64.3 Å². The second-order valence-electron chi connectivity index (χ2n) is 3.56. The average molecular weight is 621 g/mol. The van der Waals surface area contributed by atoms with E-state index in [2.05, 4.69) is 64.8 Å². The van der Waals surface area contributed by atoms with Gasteiger partial charge in [-0.3, -0.25) is 0 Å². The average Bonchev–Trinajstić information content (AvgIpc) is 2.64. The van der Waals surface area contributed by atoms with Crippen molar-refractivity contribution < 1.29 is 0 Å². The summed E-state index contributed by atoms with van der Waals surface area (Å²) < 4.78 is 0. The predicted molar refractivity (Wildman–Crippen MR) is 134 cm³/mol. The van der Waals surface area contributed by atoms with Crippen LogP contribution in [0.3, 0.4) is 0 Å². The van der Waals surface area contributed by atoms with Gasteiger partial charge < -0.3 is 0 Å². The Morgan fingerprint density at radius 1 is 0.708 bits per heavy atom. The van der Waals surface area contributed by atoms with Gasteiger partial charge in [-0.2, -0.15) is 0 Å². The van der Waals surface area contributed by atoms with Crippen molar-refractivity contribution in [2.45, 2.75) is 27.7 Å². The summed E-state index contributed by atoms with van der Waals surface area (Å²) in [5, 5.41) is 8.92. The van der Waals surface area contributed by atoms with Crippen molar-refractivity contribution in [2.75, 3.05) is 0 Å². The third-order valence-corrected chi connectivity index (χ3v) is 5.01. The molecule has 0 saturated carbocycles. The summed E-state index contributed by atoms with van der Waals surface area (Å²) in [4.78, 5) is 0. The van der Waals surface area contributed by atoms with E-state index in [1.54, 1.807) is 0 Å². The van der Waals surface area contributed by atoms with Crippen molar-refractivity contribution in [3.8, 4) is 22.3 Å². The van der Waals surface area contributed by atoms with Gasteiger partial charge in [-0.15, -0.1) is 0 Å². The fourth-order valence-electron chi connectivity index (χ4n) is 1.67. The maximum atomic E-state index is 6.39. The quantitative estimate of drug-likeness (QED) is 0.213. The van der Waals surface area contributed by atoms with E-state index in [9.17, 15) is 0 Å². The van der Waals surface area contributed by atoms with Gasteiger partial charge in [0.25, 0.3) is 0 Å². The molecule has 0 aromatic heterocycles. The molecular formula is C18H16Cl2I2S2. The zero-order valence-electron chi connectivity index (χ0n) is 13.6. The first-order valence-electron chi connectivity index (χ1n) is 7.17. The summed E-state index contributed by atoms with van der Waals surface area (Å²) in [6, 6.07) is 7.66. The van der Waals surface area contributed by atoms with Crippen LogP contribution < -0.4 is 0 Å². The molecule has 0 fully saturated rings. The fraction of sp³-hybridized carbons (Fsp3) is 0.222. The van der Waals surface area contributed by atoms with Crippen LogP contribution in [-0.2, 0) is 0 Å². The second-order valence-corrected chi connectivity index (χ2v) is 7.67. The number of hydrogen-bond acceptors (Lipinski definition) is 2. The van der Waals surface area contributed by atoms with E-state index in [-0.39, 0.29) is 0 Å². The van der Waals surface area contributed by atoms with Crippen molar-refractivity contribution in [3.63, 3.8) is 0 Å². The third-order valence-electron chi connectivity index (χ3n) is 2.52. The maximum Gasteiger partial charge on any atom is 0.0641 e. The molecule has 0 bridgehead atoms. The summed E-state index contributed by atoms with van der Waals surface area (Å²) >= 11 is 17.0. The van der Waals surface area contributed by atoms with Crippen LogP contribution in [-0.4, -0.2) is 0 Å². The molecule has 0 amide bonds. The fourth-order valence-corrected chi connectivity index (χ4v) is 3.18. The Morgan fingerprint density at radius 2 is 1.04 bits per heavy atom. The second kappa shape index (κ2) is 14.7. The minimum Gasteiger partial charge on any atom is -0.0823 e. The van der Waals surface area contributed by atoms with E-state index >= 15 is 0 Å². The molecule has 6 heteroatoms. The lowest BCUT2D eigenvalue weighted by Gasteiger charge is -2.06. The summed E-state index contributed by atoms with van der Waals surface area (Å²) in [6.45, 7) is 8.00. The van der Waals surface area contributed by atoms with E-state index in [1.165, 1.54) is 17.9 Å². The van der Waals surface area contributed by atoms with Gasteiger partial charge in [-0.1, -0.05) is 74.9 Å². The van der Waals surface area contributed by atoms with Crippen molar-refractivity contribution in [3.05, 3.63) is 45.4 Å². The predicted octanol–water partition coefficient (Wildman–Crippen LogP) is 8.98. The number of rotatable bonds is 0. The lowest BCUT2D eigenvalue weighted by molar-refractivity contribution is 1.50. The smallest absolute Gasteiger partial charge is 0.0641 e. The highest BCUT2D eigenvalue weighted by Gasteiger charge is 2.09. The standard InChI is InChI=1S/C14H4Cl2I2S2.2C2H6/c15-13-9(5-7-19-17)1-3-11-12(13)4-2-10(14(11)16)6-8-20-18;2*1-2/h1-4H;2*1-2H3. The number of fused-ring (bicyclic) bond motifs is 1. The Bertz CT molecular complexity index is 717. The van der Waals surface area contributed by atoms with E-state index in [0.29, 0.717) is 10.0 Å². The van der Waals surface area contributed by atoms with E-state index in [0.717, 1.165) is 21.9 Å². The van der Waals surface area contributed by atoms with Crippen LogP contribution in [0.5, 0.6) is 0 Å². The van der Waals surface area contributed by atoms with Gasteiger partial charge in [-0.25, -0.2) is 0 Å². The number of halogens is 4. The van der Waals surface area contributed by atoms with Gasteiger partial charge in [-0.05, 0) is 40.5 Å². The zero-order chi connectivity index (χ0) is 18.5. The Morgan fingerprint density at radius 3 is 1.33 bits per heavy atom. The molecule has 0 N–H and O–H groups in total. The minimum atomic E-state index is 0.630. The Kier molecular flexibility index (Phi) is 15.0. The summed E-state index contributed by atoms with van der Waals surface area (Å²) in [6.07, 6.45) is 0. The molecule has 0 nitrogen and oxygen atoms in total. The van der Waals surface area contributed by atoms with Crippen LogP contribution in [0.25, 0.3) is 10.8 Å². The minimum absolute atomic E-state index is 0.630. The Hall–Kier alpha value is 0.560. The largest absolute Gasteiger partial charge is 0.0823 e. The van der Waals surface area contributed by atoms with Crippen molar-refractivity contribution in [1.82, 2.24) is 0 Å². The highest BCUT2D eigenvalue weighted by molar-refractivity contribution is 14.2. The topological polar surface area (TPSA) is 0 Å². The van der Waals surface area contributed by atoms with Gasteiger partial charge in [0.15, 0.2) is 0 Å². The van der Waals surface area contributed by atoms with Crippen LogP contribution >= 0.6 is 83.5 Å². The van der Waals surface area contributed by atoms with Crippen molar-refractivity contribution in [1.29, 1.82) is 0 Å². The molecule has 2 rings (SSSR count). The van der Waals surface area contributed by atoms with Crippen LogP contribution in [0, 0.1) is 22.3 Å². The summed E-state index contributed by atoms with van der Waals surface area (Å²) in [7, 11) is 2.86. The van der Waals surface area contributed by atoms with Crippen LogP contribution in [0.15, 0.2) is 24.3 Å². The van der Waals surface area contributed by atoms with Crippen molar-refractivity contribution >= 4 is 94.3 Å². The molecule has 0 saturated heterocycles. The molecular weight excluding hydrogens is 605 g/mol. The van der Waals surface area contributed by atoms with E-state index in [4.69, 9.17) is 23.2 Å². The normalized spacial score (nSPS) is 8.50. The zero-order valence-corrected chi connectivity index (χ0v) is 21.1. The molecule has 0 spiro atoms. The molecule has 0 aliphatic heterocycles. The van der Waals surface area contributed by atoms with Crippen LogP contribution in [0.4, 0.5) is 0 Å². The summed E-state index contributed by atoms with van der Waals surface area (Å²) in [5.41, 5.74) is 1.61. The molecule has 128 valence electrons. The Balaban J connectivity index is 0.00000123. The Labute approximate surface area is 187 Å². The SMILES string of the molecule is CC.CC.Clc1c(C#CSI)ccc2c(Cl)c(C#CSI)ccc12. The molecule has 0 unspecified atom stereocenters.